The van der Waals surface area contributed by atoms with Crippen molar-refractivity contribution in [2.24, 2.45) is 0 Å². The Kier molecular flexibility index (Phi) is 5.50. The van der Waals surface area contributed by atoms with E-state index in [1.165, 1.54) is 12.1 Å². The predicted molar refractivity (Wildman–Crippen MR) is 59.1 cm³/mol. The molecular weight excluding hydrogens is 228 g/mol. The van der Waals surface area contributed by atoms with Crippen LogP contribution in [0.15, 0.2) is 30.3 Å². The minimum absolute atomic E-state index is 0.137. The minimum atomic E-state index is -0.816. The van der Waals surface area contributed by atoms with Crippen molar-refractivity contribution in [3.63, 3.8) is 0 Å². The molecule has 1 aliphatic heterocycles. The highest BCUT2D eigenvalue weighted by atomic mass is 16.6. The number of para-hydroxylation sites is 1. The Morgan fingerprint density at radius 2 is 2.00 bits per heavy atom. The fraction of sp³-hybridized carbons (Fsp3) is 0.400. The monoisotopic (exact) mass is 242 g/mol. The molecular formula is C10H14N2O5. The summed E-state index contributed by atoms with van der Waals surface area (Å²) < 4.78 is 4.73. The molecule has 1 fully saturated rings. The van der Waals surface area contributed by atoms with Crippen LogP contribution in [-0.4, -0.2) is 40.8 Å². The van der Waals surface area contributed by atoms with Crippen molar-refractivity contribution in [1.29, 1.82) is 0 Å². The Morgan fingerprint density at radius 1 is 1.35 bits per heavy atom. The fourth-order valence-corrected chi connectivity index (χ4v) is 1.10. The summed E-state index contributed by atoms with van der Waals surface area (Å²) in [5, 5.41) is 30.0. The summed E-state index contributed by atoms with van der Waals surface area (Å²) in [6.45, 7) is 0.534. The molecule has 1 aromatic carbocycles. The van der Waals surface area contributed by atoms with Crippen LogP contribution in [0.3, 0.4) is 0 Å². The van der Waals surface area contributed by atoms with E-state index in [4.69, 9.17) is 14.9 Å². The van der Waals surface area contributed by atoms with Crippen molar-refractivity contribution in [2.75, 3.05) is 13.3 Å². The number of non-ortho nitro benzene ring substituents is 1. The van der Waals surface area contributed by atoms with Gasteiger partial charge in [0.15, 0.2) is 0 Å². The number of benzene rings is 1. The molecule has 7 nitrogen and oxygen atoms in total. The zero-order valence-corrected chi connectivity index (χ0v) is 9.02. The average molecular weight is 242 g/mol. The lowest BCUT2D eigenvalue weighted by atomic mass is 10.3. The van der Waals surface area contributed by atoms with E-state index in [0.29, 0.717) is 6.73 Å². The number of aliphatic hydroxyl groups excluding tert-OH is 2. The smallest absolute Gasteiger partial charge is 0.269 e. The fourth-order valence-electron chi connectivity index (χ4n) is 1.10. The molecule has 1 aliphatic rings. The molecule has 0 saturated carbocycles. The number of ether oxygens (including phenoxy) is 1. The Hall–Kier alpha value is -1.54. The molecule has 3 N–H and O–H groups in total. The maximum absolute atomic E-state index is 10.0. The van der Waals surface area contributed by atoms with Gasteiger partial charge in [0, 0.05) is 12.1 Å². The molecule has 1 saturated heterocycles. The normalized spacial score (nSPS) is 23.4. The number of hydrogen-bond donors (Lipinski definition) is 3. The van der Waals surface area contributed by atoms with Crippen molar-refractivity contribution in [2.45, 2.75) is 12.3 Å². The third-order valence-electron chi connectivity index (χ3n) is 2.01. The first-order valence-electron chi connectivity index (χ1n) is 4.98. The Morgan fingerprint density at radius 3 is 2.35 bits per heavy atom. The lowest BCUT2D eigenvalue weighted by Crippen LogP contribution is -2.48. The van der Waals surface area contributed by atoms with Crippen LogP contribution < -0.4 is 5.32 Å². The first-order valence-corrected chi connectivity index (χ1v) is 4.98. The summed E-state index contributed by atoms with van der Waals surface area (Å²) in [5.41, 5.74) is 0.137. The second kappa shape index (κ2) is 6.92. The highest BCUT2D eigenvalue weighted by Crippen LogP contribution is 2.06. The zero-order valence-electron chi connectivity index (χ0n) is 9.02. The number of nitro groups is 1. The van der Waals surface area contributed by atoms with Gasteiger partial charge in [0.2, 0.25) is 0 Å². The zero-order chi connectivity index (χ0) is 12.7. The largest absolute Gasteiger partial charge is 0.387 e. The summed E-state index contributed by atoms with van der Waals surface area (Å²) in [6, 6.07) is 7.93. The molecule has 2 rings (SSSR count). The molecule has 94 valence electrons. The van der Waals surface area contributed by atoms with Gasteiger partial charge in [-0.2, -0.15) is 0 Å². The van der Waals surface area contributed by atoms with Crippen LogP contribution in [0.5, 0.6) is 0 Å². The van der Waals surface area contributed by atoms with Crippen LogP contribution in [-0.2, 0) is 4.74 Å². The van der Waals surface area contributed by atoms with Gasteiger partial charge in [0.1, 0.15) is 12.3 Å². The van der Waals surface area contributed by atoms with Crippen LogP contribution in [0.1, 0.15) is 0 Å². The molecule has 7 heteroatoms. The van der Waals surface area contributed by atoms with Gasteiger partial charge in [0.05, 0.1) is 18.3 Å². The Bertz CT molecular complexity index is 336. The average Bonchev–Trinajstić information content (AvgIpc) is 2.35. The summed E-state index contributed by atoms with van der Waals surface area (Å²) in [6.07, 6.45) is -1.59. The van der Waals surface area contributed by atoms with E-state index in [2.05, 4.69) is 5.32 Å². The van der Waals surface area contributed by atoms with E-state index in [1.54, 1.807) is 18.2 Å². The van der Waals surface area contributed by atoms with Crippen molar-refractivity contribution in [3.05, 3.63) is 40.4 Å². The standard InChI is InChI=1S/C6H5NO2.C4H9NO3/c8-7(9)6-4-2-1-3-5-6;6-3-1-8-2-5-4(3)7/h1-5H;3-7H,1-2H2. The summed E-state index contributed by atoms with van der Waals surface area (Å²) >= 11 is 0. The maximum atomic E-state index is 10.0. The molecule has 0 amide bonds. The van der Waals surface area contributed by atoms with E-state index in [-0.39, 0.29) is 12.3 Å². The van der Waals surface area contributed by atoms with Gasteiger partial charge < -0.3 is 14.9 Å². The number of nitro benzene ring substituents is 1. The highest BCUT2D eigenvalue weighted by molar-refractivity contribution is 5.27. The highest BCUT2D eigenvalue weighted by Gasteiger charge is 2.19. The molecule has 17 heavy (non-hydrogen) atoms. The first-order chi connectivity index (χ1) is 8.11. The van der Waals surface area contributed by atoms with E-state index < -0.39 is 17.3 Å². The molecule has 1 heterocycles. The number of rotatable bonds is 1. The summed E-state index contributed by atoms with van der Waals surface area (Å²) in [5.74, 6) is 0. The second-order valence-electron chi connectivity index (χ2n) is 3.32. The van der Waals surface area contributed by atoms with E-state index in [9.17, 15) is 10.1 Å². The topological polar surface area (TPSA) is 105 Å². The van der Waals surface area contributed by atoms with Gasteiger partial charge >= 0.3 is 0 Å². The minimum Gasteiger partial charge on any atom is -0.387 e. The Balaban J connectivity index is 0.000000171. The van der Waals surface area contributed by atoms with Crippen LogP contribution in [0.2, 0.25) is 0 Å². The number of nitrogens with zero attached hydrogens (tertiary/aromatic N) is 1. The number of hydrogen-bond acceptors (Lipinski definition) is 6. The Labute approximate surface area is 97.8 Å². The molecule has 0 bridgehead atoms. The number of aliphatic hydroxyl groups is 2. The van der Waals surface area contributed by atoms with Crippen LogP contribution >= 0.6 is 0 Å². The van der Waals surface area contributed by atoms with Gasteiger partial charge in [-0.1, -0.05) is 18.2 Å². The van der Waals surface area contributed by atoms with Gasteiger partial charge in [-0.15, -0.1) is 0 Å². The second-order valence-corrected chi connectivity index (χ2v) is 3.32. The van der Waals surface area contributed by atoms with Crippen LogP contribution in [0.25, 0.3) is 0 Å². The quantitative estimate of drug-likeness (QED) is 0.467. The molecule has 2 unspecified atom stereocenters. The maximum Gasteiger partial charge on any atom is 0.269 e. The third-order valence-corrected chi connectivity index (χ3v) is 2.01. The van der Waals surface area contributed by atoms with Crippen molar-refractivity contribution in [1.82, 2.24) is 5.32 Å². The predicted octanol–water partition coefficient (Wildman–Crippen LogP) is -0.162. The van der Waals surface area contributed by atoms with Gasteiger partial charge in [0.25, 0.3) is 5.69 Å². The summed E-state index contributed by atoms with van der Waals surface area (Å²) in [7, 11) is 0. The number of nitrogens with one attached hydrogen (secondary N) is 1. The van der Waals surface area contributed by atoms with E-state index in [0.717, 1.165) is 0 Å². The van der Waals surface area contributed by atoms with E-state index in [1.807, 2.05) is 0 Å². The van der Waals surface area contributed by atoms with Crippen molar-refractivity contribution < 1.29 is 19.9 Å². The molecule has 0 aromatic heterocycles. The molecule has 2 atom stereocenters. The first kappa shape index (κ1) is 13.5. The third kappa shape index (κ3) is 4.87. The summed E-state index contributed by atoms with van der Waals surface area (Å²) in [4.78, 5) is 9.59. The molecule has 0 aliphatic carbocycles. The molecule has 1 aromatic rings. The lowest BCUT2D eigenvalue weighted by Gasteiger charge is -2.24. The van der Waals surface area contributed by atoms with Crippen LogP contribution in [0.4, 0.5) is 5.69 Å². The van der Waals surface area contributed by atoms with Crippen LogP contribution in [0, 0.1) is 10.1 Å². The lowest BCUT2D eigenvalue weighted by molar-refractivity contribution is -0.384. The van der Waals surface area contributed by atoms with Gasteiger partial charge in [-0.05, 0) is 0 Å². The molecule has 0 spiro atoms. The van der Waals surface area contributed by atoms with E-state index >= 15 is 0 Å². The SMILES string of the molecule is O=[N+]([O-])c1ccccc1.OC1COCNC1O. The van der Waals surface area contributed by atoms with Crippen molar-refractivity contribution in [3.8, 4) is 0 Å². The van der Waals surface area contributed by atoms with Gasteiger partial charge in [-0.3, -0.25) is 15.4 Å². The van der Waals surface area contributed by atoms with Gasteiger partial charge in [-0.25, -0.2) is 0 Å². The van der Waals surface area contributed by atoms with Crippen molar-refractivity contribution >= 4 is 5.69 Å². The molecule has 0 radical (unpaired) electrons.